The Morgan fingerprint density at radius 3 is 2.59 bits per heavy atom. The molecule has 4 rings (SSSR count). The average molecular weight is 395 g/mol. The smallest absolute Gasteiger partial charge is 0.238 e. The summed E-state index contributed by atoms with van der Waals surface area (Å²) in [7, 11) is 2.12. The van der Waals surface area contributed by atoms with Crippen molar-refractivity contribution in [2.45, 2.75) is 19.5 Å². The number of benzene rings is 2. The lowest BCUT2D eigenvalue weighted by Gasteiger charge is -2.29. The molecular weight excluding hydrogens is 364 g/mol. The Hall–Kier alpha value is -2.57. The zero-order chi connectivity index (χ0) is 20.2. The number of likely N-dealkylation sites (N-methyl/N-ethyl adjacent to an activating group) is 1. The molecule has 0 aromatic heterocycles. The summed E-state index contributed by atoms with van der Waals surface area (Å²) in [5, 5.41) is 3.06. The van der Waals surface area contributed by atoms with Gasteiger partial charge in [-0.1, -0.05) is 18.2 Å². The summed E-state index contributed by atoms with van der Waals surface area (Å²) >= 11 is 0. The van der Waals surface area contributed by atoms with Gasteiger partial charge in [0, 0.05) is 56.3 Å². The summed E-state index contributed by atoms with van der Waals surface area (Å²) in [5.74, 6) is 0.0259. The van der Waals surface area contributed by atoms with E-state index in [0.29, 0.717) is 12.6 Å². The highest BCUT2D eigenvalue weighted by molar-refractivity contribution is 5.92. The molecule has 1 N–H and O–H groups in total. The highest BCUT2D eigenvalue weighted by atomic mass is 16.5. The van der Waals surface area contributed by atoms with Gasteiger partial charge in [0.15, 0.2) is 0 Å². The first-order valence-corrected chi connectivity index (χ1v) is 10.4. The van der Waals surface area contributed by atoms with E-state index in [4.69, 9.17) is 4.74 Å². The third-order valence-corrected chi connectivity index (χ3v) is 5.81. The number of hydrogen-bond donors (Lipinski definition) is 1. The number of morpholine rings is 1. The molecule has 1 saturated heterocycles. The monoisotopic (exact) mass is 394 g/mol. The zero-order valence-corrected chi connectivity index (χ0v) is 17.3. The van der Waals surface area contributed by atoms with Crippen LogP contribution in [0, 0.1) is 0 Å². The Morgan fingerprint density at radius 2 is 1.83 bits per heavy atom. The van der Waals surface area contributed by atoms with Gasteiger partial charge in [0.25, 0.3) is 0 Å². The van der Waals surface area contributed by atoms with E-state index < -0.39 is 0 Å². The standard InChI is InChI=1S/C23H30N4O2/c1-18-15-25(2)22-6-4-3-5-19(22)16-27(18)17-23(28)24-20-7-9-21(10-8-20)26-11-13-29-14-12-26/h3-10,18H,11-17H2,1-2H3,(H,24,28). The van der Waals surface area contributed by atoms with Crippen molar-refractivity contribution in [1.82, 2.24) is 4.90 Å². The molecule has 0 saturated carbocycles. The van der Waals surface area contributed by atoms with Crippen LogP contribution in [0.25, 0.3) is 0 Å². The van der Waals surface area contributed by atoms with Gasteiger partial charge in [-0.25, -0.2) is 0 Å². The summed E-state index contributed by atoms with van der Waals surface area (Å²) in [4.78, 5) is 19.6. The Bertz CT molecular complexity index is 833. The molecule has 0 radical (unpaired) electrons. The maximum absolute atomic E-state index is 12.7. The molecule has 1 fully saturated rings. The van der Waals surface area contributed by atoms with Gasteiger partial charge < -0.3 is 19.9 Å². The largest absolute Gasteiger partial charge is 0.378 e. The average Bonchev–Trinajstić information content (AvgIpc) is 2.85. The fraction of sp³-hybridized carbons (Fsp3) is 0.435. The van der Waals surface area contributed by atoms with Gasteiger partial charge in [-0.05, 0) is 42.8 Å². The van der Waals surface area contributed by atoms with Crippen LogP contribution in [-0.4, -0.2) is 63.3 Å². The molecule has 2 aliphatic rings. The minimum Gasteiger partial charge on any atom is -0.378 e. The second kappa shape index (κ2) is 8.84. The number of nitrogens with zero attached hydrogens (tertiary/aromatic N) is 3. The lowest BCUT2D eigenvalue weighted by molar-refractivity contribution is -0.117. The number of fused-ring (bicyclic) bond motifs is 1. The fourth-order valence-corrected chi connectivity index (χ4v) is 4.18. The number of nitrogens with one attached hydrogen (secondary N) is 1. The summed E-state index contributed by atoms with van der Waals surface area (Å²) in [6.45, 7) is 7.61. The minimum atomic E-state index is 0.0259. The highest BCUT2D eigenvalue weighted by Crippen LogP contribution is 2.26. The second-order valence-corrected chi connectivity index (χ2v) is 7.96. The van der Waals surface area contributed by atoms with Gasteiger partial charge in [-0.3, -0.25) is 9.69 Å². The van der Waals surface area contributed by atoms with Crippen LogP contribution < -0.4 is 15.1 Å². The van der Waals surface area contributed by atoms with E-state index in [1.54, 1.807) is 0 Å². The van der Waals surface area contributed by atoms with Crippen LogP contribution in [0.15, 0.2) is 48.5 Å². The van der Waals surface area contributed by atoms with Gasteiger partial charge >= 0.3 is 0 Å². The first-order valence-electron chi connectivity index (χ1n) is 10.4. The van der Waals surface area contributed by atoms with E-state index in [9.17, 15) is 4.79 Å². The SMILES string of the molecule is CC1CN(C)c2ccccc2CN1CC(=O)Nc1ccc(N2CCOCC2)cc1. The van der Waals surface area contributed by atoms with Crippen LogP contribution in [0.4, 0.5) is 17.1 Å². The van der Waals surface area contributed by atoms with Crippen LogP contribution in [0.1, 0.15) is 12.5 Å². The summed E-state index contributed by atoms with van der Waals surface area (Å²) in [6, 6.07) is 16.8. The normalized spacial score (nSPS) is 20.1. The van der Waals surface area contributed by atoms with Crippen LogP contribution in [0.2, 0.25) is 0 Å². The number of para-hydroxylation sites is 1. The quantitative estimate of drug-likeness (QED) is 0.864. The molecule has 0 bridgehead atoms. The van der Waals surface area contributed by atoms with Crippen molar-refractivity contribution in [3.05, 3.63) is 54.1 Å². The number of carbonyl (C=O) groups excluding carboxylic acids is 1. The number of anilines is 3. The molecule has 0 spiro atoms. The first-order chi connectivity index (χ1) is 14.1. The molecule has 29 heavy (non-hydrogen) atoms. The molecular formula is C23H30N4O2. The van der Waals surface area contributed by atoms with Crippen LogP contribution in [-0.2, 0) is 16.1 Å². The van der Waals surface area contributed by atoms with Crippen molar-refractivity contribution in [3.63, 3.8) is 0 Å². The Morgan fingerprint density at radius 1 is 1.10 bits per heavy atom. The zero-order valence-electron chi connectivity index (χ0n) is 17.3. The predicted molar refractivity (Wildman–Crippen MR) is 118 cm³/mol. The summed E-state index contributed by atoms with van der Waals surface area (Å²) < 4.78 is 5.41. The van der Waals surface area contributed by atoms with Crippen LogP contribution in [0.3, 0.4) is 0 Å². The molecule has 2 aromatic carbocycles. The summed E-state index contributed by atoms with van der Waals surface area (Å²) in [6.07, 6.45) is 0. The lowest BCUT2D eigenvalue weighted by Crippen LogP contribution is -2.42. The van der Waals surface area contributed by atoms with E-state index in [0.717, 1.165) is 45.1 Å². The van der Waals surface area contributed by atoms with E-state index in [1.807, 2.05) is 12.1 Å². The van der Waals surface area contributed by atoms with E-state index >= 15 is 0 Å². The van der Waals surface area contributed by atoms with E-state index in [2.05, 4.69) is 70.4 Å². The van der Waals surface area contributed by atoms with Crippen molar-refractivity contribution >= 4 is 23.0 Å². The predicted octanol–water partition coefficient (Wildman–Crippen LogP) is 2.80. The van der Waals surface area contributed by atoms with Crippen molar-refractivity contribution in [1.29, 1.82) is 0 Å². The van der Waals surface area contributed by atoms with Crippen LogP contribution in [0.5, 0.6) is 0 Å². The maximum atomic E-state index is 12.7. The van der Waals surface area contributed by atoms with Crippen molar-refractivity contribution in [2.24, 2.45) is 0 Å². The third kappa shape index (κ3) is 4.71. The summed E-state index contributed by atoms with van der Waals surface area (Å²) in [5.41, 5.74) is 4.53. The number of carbonyl (C=O) groups is 1. The van der Waals surface area contributed by atoms with E-state index in [-0.39, 0.29) is 5.91 Å². The van der Waals surface area contributed by atoms with Crippen molar-refractivity contribution in [2.75, 3.05) is 61.6 Å². The molecule has 2 aromatic rings. The number of ether oxygens (including phenoxy) is 1. The molecule has 2 heterocycles. The van der Waals surface area contributed by atoms with Gasteiger partial charge in [0.1, 0.15) is 0 Å². The highest BCUT2D eigenvalue weighted by Gasteiger charge is 2.24. The molecule has 6 heteroatoms. The lowest BCUT2D eigenvalue weighted by atomic mass is 10.1. The molecule has 2 aliphatic heterocycles. The number of hydrogen-bond acceptors (Lipinski definition) is 5. The molecule has 1 unspecified atom stereocenters. The van der Waals surface area contributed by atoms with Gasteiger partial charge in [0.05, 0.1) is 19.8 Å². The van der Waals surface area contributed by atoms with Crippen molar-refractivity contribution in [3.8, 4) is 0 Å². The number of amides is 1. The molecule has 154 valence electrons. The molecule has 6 nitrogen and oxygen atoms in total. The third-order valence-electron chi connectivity index (χ3n) is 5.81. The van der Waals surface area contributed by atoms with E-state index in [1.165, 1.54) is 16.9 Å². The Balaban J connectivity index is 1.37. The molecule has 1 atom stereocenters. The Kier molecular flexibility index (Phi) is 6.02. The van der Waals surface area contributed by atoms with Gasteiger partial charge in [-0.15, -0.1) is 0 Å². The molecule has 1 amide bonds. The maximum Gasteiger partial charge on any atom is 0.238 e. The first kappa shape index (κ1) is 19.7. The topological polar surface area (TPSA) is 48.0 Å². The molecule has 0 aliphatic carbocycles. The fourth-order valence-electron chi connectivity index (χ4n) is 4.18. The minimum absolute atomic E-state index is 0.0259. The second-order valence-electron chi connectivity index (χ2n) is 7.96. The van der Waals surface area contributed by atoms with Crippen molar-refractivity contribution < 1.29 is 9.53 Å². The van der Waals surface area contributed by atoms with Gasteiger partial charge in [0.2, 0.25) is 5.91 Å². The van der Waals surface area contributed by atoms with Crippen LogP contribution >= 0.6 is 0 Å². The van der Waals surface area contributed by atoms with Gasteiger partial charge in [-0.2, -0.15) is 0 Å². The number of rotatable bonds is 4. The Labute approximate surface area is 173 Å².